The molecule has 0 aliphatic carbocycles. The molecule has 0 saturated carbocycles. The summed E-state index contributed by atoms with van der Waals surface area (Å²) in [5, 5.41) is 0. The van der Waals surface area contributed by atoms with Crippen molar-refractivity contribution < 1.29 is 13.2 Å². The lowest BCUT2D eigenvalue weighted by molar-refractivity contribution is 0.0985. The maximum absolute atomic E-state index is 13.0. The molecule has 154 valence electrons. The maximum atomic E-state index is 13.0. The molecule has 5 nitrogen and oxygen atoms in total. The number of carbonyl (C=O) groups is 1. The largest absolute Gasteiger partial charge is 0.308 e. The van der Waals surface area contributed by atoms with Gasteiger partial charge in [0, 0.05) is 17.8 Å². The van der Waals surface area contributed by atoms with E-state index < -0.39 is 10.0 Å². The Balaban J connectivity index is 1.64. The van der Waals surface area contributed by atoms with Gasteiger partial charge in [-0.15, -0.1) is 0 Å². The standard InChI is InChI=1S/C24H24N2O3S/c1-17-9-11-19(12-10-17)24(27)26-15-5-7-20-16-21(13-14-23(20)26)30(28,29)25-22-8-4-3-6-18(22)2/h3-4,6,8-14,16,25H,5,7,15H2,1-2H3. The molecule has 3 aromatic carbocycles. The lowest BCUT2D eigenvalue weighted by Crippen LogP contribution is -2.35. The summed E-state index contributed by atoms with van der Waals surface area (Å²) in [6.07, 6.45) is 1.53. The van der Waals surface area contributed by atoms with Gasteiger partial charge in [0.05, 0.1) is 10.6 Å². The molecule has 0 aromatic heterocycles. The number of anilines is 2. The van der Waals surface area contributed by atoms with E-state index in [0.717, 1.165) is 35.2 Å². The van der Waals surface area contributed by atoms with Gasteiger partial charge >= 0.3 is 0 Å². The Morgan fingerprint density at radius 2 is 1.70 bits per heavy atom. The number of aryl methyl sites for hydroxylation is 3. The van der Waals surface area contributed by atoms with E-state index in [-0.39, 0.29) is 10.8 Å². The second kappa shape index (κ2) is 7.95. The topological polar surface area (TPSA) is 66.5 Å². The molecule has 0 unspecified atom stereocenters. The van der Waals surface area contributed by atoms with E-state index in [0.29, 0.717) is 17.8 Å². The van der Waals surface area contributed by atoms with Crippen LogP contribution < -0.4 is 9.62 Å². The summed E-state index contributed by atoms with van der Waals surface area (Å²) in [6.45, 7) is 4.46. The van der Waals surface area contributed by atoms with Crippen molar-refractivity contribution in [3.05, 3.63) is 89.0 Å². The van der Waals surface area contributed by atoms with Crippen molar-refractivity contribution in [3.8, 4) is 0 Å². The van der Waals surface area contributed by atoms with Crippen molar-refractivity contribution in [1.82, 2.24) is 0 Å². The van der Waals surface area contributed by atoms with E-state index >= 15 is 0 Å². The van der Waals surface area contributed by atoms with Crippen LogP contribution in [-0.4, -0.2) is 20.9 Å². The van der Waals surface area contributed by atoms with E-state index in [1.807, 2.05) is 50.2 Å². The Bertz CT molecular complexity index is 1200. The van der Waals surface area contributed by atoms with Gasteiger partial charge in [0.1, 0.15) is 0 Å². The molecule has 1 N–H and O–H groups in total. The molecule has 0 radical (unpaired) electrons. The Morgan fingerprint density at radius 1 is 0.967 bits per heavy atom. The van der Waals surface area contributed by atoms with Gasteiger partial charge in [0.15, 0.2) is 0 Å². The molecule has 1 aliphatic rings. The van der Waals surface area contributed by atoms with Crippen molar-refractivity contribution in [2.24, 2.45) is 0 Å². The van der Waals surface area contributed by atoms with Crippen LogP contribution in [0.2, 0.25) is 0 Å². The van der Waals surface area contributed by atoms with Crippen LogP contribution in [0, 0.1) is 13.8 Å². The highest BCUT2D eigenvalue weighted by molar-refractivity contribution is 7.92. The molecule has 1 aliphatic heterocycles. The summed E-state index contributed by atoms with van der Waals surface area (Å²) in [4.78, 5) is 15.0. The predicted molar refractivity (Wildman–Crippen MR) is 120 cm³/mol. The number of hydrogen-bond donors (Lipinski definition) is 1. The van der Waals surface area contributed by atoms with Crippen LogP contribution in [0.3, 0.4) is 0 Å². The summed E-state index contributed by atoms with van der Waals surface area (Å²) in [7, 11) is -3.72. The van der Waals surface area contributed by atoms with E-state index in [2.05, 4.69) is 4.72 Å². The van der Waals surface area contributed by atoms with E-state index in [1.165, 1.54) is 0 Å². The van der Waals surface area contributed by atoms with E-state index in [9.17, 15) is 13.2 Å². The minimum absolute atomic E-state index is 0.0652. The molecule has 0 spiro atoms. The monoisotopic (exact) mass is 420 g/mol. The first kappa shape index (κ1) is 20.2. The highest BCUT2D eigenvalue weighted by Gasteiger charge is 2.25. The fraction of sp³-hybridized carbons (Fsp3) is 0.208. The highest BCUT2D eigenvalue weighted by atomic mass is 32.2. The summed E-state index contributed by atoms with van der Waals surface area (Å²) in [5.41, 5.74) is 4.80. The number of nitrogens with one attached hydrogen (secondary N) is 1. The predicted octanol–water partition coefficient (Wildman–Crippen LogP) is 4.70. The van der Waals surface area contributed by atoms with E-state index in [4.69, 9.17) is 0 Å². The number of benzene rings is 3. The molecule has 1 amide bonds. The fourth-order valence-electron chi connectivity index (χ4n) is 3.69. The molecule has 6 heteroatoms. The molecule has 4 rings (SSSR count). The number of hydrogen-bond acceptors (Lipinski definition) is 3. The van der Waals surface area contributed by atoms with Crippen LogP contribution >= 0.6 is 0 Å². The molecule has 3 aromatic rings. The second-order valence-electron chi connectivity index (χ2n) is 7.64. The van der Waals surface area contributed by atoms with Gasteiger partial charge in [-0.2, -0.15) is 0 Å². The average molecular weight is 421 g/mol. The summed E-state index contributed by atoms with van der Waals surface area (Å²) < 4.78 is 28.5. The summed E-state index contributed by atoms with van der Waals surface area (Å²) >= 11 is 0. The van der Waals surface area contributed by atoms with Crippen molar-refractivity contribution in [2.75, 3.05) is 16.2 Å². The minimum atomic E-state index is -3.72. The fourth-order valence-corrected chi connectivity index (χ4v) is 4.88. The van der Waals surface area contributed by atoms with Gasteiger partial charge < -0.3 is 4.90 Å². The third-order valence-corrected chi connectivity index (χ3v) is 6.78. The number of para-hydroxylation sites is 1. The van der Waals surface area contributed by atoms with Crippen LogP contribution in [0.25, 0.3) is 0 Å². The van der Waals surface area contributed by atoms with Crippen molar-refractivity contribution in [1.29, 1.82) is 0 Å². The molecule has 30 heavy (non-hydrogen) atoms. The molecule has 0 fully saturated rings. The van der Waals surface area contributed by atoms with Gasteiger partial charge in [-0.3, -0.25) is 9.52 Å². The van der Waals surface area contributed by atoms with Crippen molar-refractivity contribution in [2.45, 2.75) is 31.6 Å². The smallest absolute Gasteiger partial charge is 0.261 e. The van der Waals surface area contributed by atoms with Gasteiger partial charge in [0.25, 0.3) is 15.9 Å². The Kier molecular flexibility index (Phi) is 5.35. The SMILES string of the molecule is Cc1ccc(C(=O)N2CCCc3cc(S(=O)(=O)Nc4ccccc4C)ccc32)cc1. The highest BCUT2D eigenvalue weighted by Crippen LogP contribution is 2.31. The number of nitrogens with zero attached hydrogens (tertiary/aromatic N) is 1. The lowest BCUT2D eigenvalue weighted by atomic mass is 10.0. The zero-order valence-electron chi connectivity index (χ0n) is 17.1. The molecule has 0 atom stereocenters. The minimum Gasteiger partial charge on any atom is -0.308 e. The second-order valence-corrected chi connectivity index (χ2v) is 9.32. The molecular weight excluding hydrogens is 396 g/mol. The first-order chi connectivity index (χ1) is 14.3. The number of rotatable bonds is 4. The zero-order chi connectivity index (χ0) is 21.3. The quantitative estimate of drug-likeness (QED) is 0.665. The van der Waals surface area contributed by atoms with Crippen LogP contribution in [0.5, 0.6) is 0 Å². The number of carbonyl (C=O) groups excluding carboxylic acids is 1. The normalized spacial score (nSPS) is 13.6. The Labute approximate surface area is 177 Å². The third-order valence-electron chi connectivity index (χ3n) is 5.41. The number of sulfonamides is 1. The van der Waals surface area contributed by atoms with Gasteiger partial charge in [-0.25, -0.2) is 8.42 Å². The average Bonchev–Trinajstić information content (AvgIpc) is 2.74. The maximum Gasteiger partial charge on any atom is 0.261 e. The van der Waals surface area contributed by atoms with Gasteiger partial charge in [0.2, 0.25) is 0 Å². The molecule has 0 saturated heterocycles. The van der Waals surface area contributed by atoms with Crippen molar-refractivity contribution in [3.63, 3.8) is 0 Å². The van der Waals surface area contributed by atoms with Gasteiger partial charge in [-0.1, -0.05) is 35.9 Å². The summed E-state index contributed by atoms with van der Waals surface area (Å²) in [5.74, 6) is -0.0652. The molecule has 1 heterocycles. The molecular formula is C24H24N2O3S. The van der Waals surface area contributed by atoms with Gasteiger partial charge in [-0.05, 0) is 74.2 Å². The van der Waals surface area contributed by atoms with Crippen LogP contribution in [0.15, 0.2) is 71.6 Å². The van der Waals surface area contributed by atoms with Crippen molar-refractivity contribution >= 4 is 27.3 Å². The first-order valence-electron chi connectivity index (χ1n) is 9.95. The van der Waals surface area contributed by atoms with Crippen LogP contribution in [-0.2, 0) is 16.4 Å². The third kappa shape index (κ3) is 3.96. The summed E-state index contributed by atoms with van der Waals surface area (Å²) in [6, 6.07) is 19.8. The Morgan fingerprint density at radius 3 is 2.43 bits per heavy atom. The molecule has 0 bridgehead atoms. The van der Waals surface area contributed by atoms with E-state index in [1.54, 1.807) is 35.2 Å². The first-order valence-corrected chi connectivity index (χ1v) is 11.4. The van der Waals surface area contributed by atoms with Crippen LogP contribution in [0.4, 0.5) is 11.4 Å². The Hall–Kier alpha value is -3.12. The van der Waals surface area contributed by atoms with Crippen LogP contribution in [0.1, 0.15) is 33.5 Å². The number of fused-ring (bicyclic) bond motifs is 1. The zero-order valence-corrected chi connectivity index (χ0v) is 17.9. The number of amides is 1. The lowest BCUT2D eigenvalue weighted by Gasteiger charge is -2.30.